The number of hydrogen-bond acceptors (Lipinski definition) is 4. The van der Waals surface area contributed by atoms with Crippen LogP contribution in [0.25, 0.3) is 11.1 Å². The molecule has 1 fully saturated rings. The van der Waals surface area contributed by atoms with Crippen LogP contribution >= 0.6 is 11.6 Å². The van der Waals surface area contributed by atoms with Gasteiger partial charge in [-0.05, 0) is 43.2 Å². The van der Waals surface area contributed by atoms with Gasteiger partial charge in [-0.15, -0.1) is 0 Å². The fraction of sp³-hybridized carbons (Fsp3) is 0.222. The molecule has 1 amide bonds. The summed E-state index contributed by atoms with van der Waals surface area (Å²) < 4.78 is 19.0. The van der Waals surface area contributed by atoms with E-state index < -0.39 is 11.9 Å². The van der Waals surface area contributed by atoms with Gasteiger partial charge >= 0.3 is 0 Å². The van der Waals surface area contributed by atoms with E-state index in [0.717, 1.165) is 11.9 Å². The van der Waals surface area contributed by atoms with Gasteiger partial charge in [-0.3, -0.25) is 4.79 Å². The topological polar surface area (TPSA) is 58.4 Å². The lowest BCUT2D eigenvalue weighted by Crippen LogP contribution is -2.39. The van der Waals surface area contributed by atoms with Crippen LogP contribution in [0.15, 0.2) is 46.9 Å². The molecule has 0 bridgehead atoms. The van der Waals surface area contributed by atoms with E-state index in [1.54, 1.807) is 0 Å². The molecule has 1 N–H and O–H groups in total. The number of carbonyl (C=O) groups excluding carboxylic acids is 1. The molecule has 1 aliphatic rings. The number of aromatic nitrogens is 1. The third kappa shape index (κ3) is 3.05. The predicted molar refractivity (Wildman–Crippen MR) is 94.4 cm³/mol. The van der Waals surface area contributed by atoms with E-state index in [-0.39, 0.29) is 10.9 Å². The van der Waals surface area contributed by atoms with Gasteiger partial charge in [0.15, 0.2) is 5.58 Å². The molecular weight excluding hydrogens is 345 g/mol. The van der Waals surface area contributed by atoms with Gasteiger partial charge in [0.1, 0.15) is 17.4 Å². The van der Waals surface area contributed by atoms with Crippen LogP contribution in [-0.2, 0) is 4.79 Å². The van der Waals surface area contributed by atoms with Crippen molar-refractivity contribution in [2.24, 2.45) is 0 Å². The predicted octanol–water partition coefficient (Wildman–Crippen LogP) is 4.23. The Kier molecular flexibility index (Phi) is 4.05. The molecule has 7 heteroatoms. The number of nitrogens with one attached hydrogen (secondary N) is 1. The molecule has 1 aliphatic heterocycles. The maximum absolute atomic E-state index is 13.2. The minimum Gasteiger partial charge on any atom is -0.423 e. The number of hydrogen-bond donors (Lipinski definition) is 1. The summed E-state index contributed by atoms with van der Waals surface area (Å²) >= 11 is 5.76. The number of halogens is 2. The van der Waals surface area contributed by atoms with E-state index in [1.165, 1.54) is 18.2 Å². The van der Waals surface area contributed by atoms with Crippen molar-refractivity contribution in [3.05, 3.63) is 53.3 Å². The van der Waals surface area contributed by atoms with Gasteiger partial charge in [0.05, 0.1) is 5.02 Å². The van der Waals surface area contributed by atoms with Crippen molar-refractivity contribution in [3.8, 4) is 0 Å². The van der Waals surface area contributed by atoms with Crippen molar-refractivity contribution in [1.82, 2.24) is 4.98 Å². The number of fused-ring (bicyclic) bond motifs is 1. The molecule has 128 valence electrons. The highest BCUT2D eigenvalue weighted by molar-refractivity contribution is 6.31. The lowest BCUT2D eigenvalue weighted by atomic mass is 10.2. The van der Waals surface area contributed by atoms with Crippen LogP contribution < -0.4 is 10.2 Å². The molecule has 0 radical (unpaired) electrons. The highest BCUT2D eigenvalue weighted by Gasteiger charge is 2.33. The highest BCUT2D eigenvalue weighted by atomic mass is 35.5. The van der Waals surface area contributed by atoms with Crippen molar-refractivity contribution in [1.29, 1.82) is 0 Å². The summed E-state index contributed by atoms with van der Waals surface area (Å²) in [5, 5.41) is 2.76. The van der Waals surface area contributed by atoms with Crippen LogP contribution in [-0.4, -0.2) is 23.5 Å². The summed E-state index contributed by atoms with van der Waals surface area (Å²) in [5.41, 5.74) is 1.91. The molecule has 1 saturated heterocycles. The largest absolute Gasteiger partial charge is 0.423 e. The second-order valence-electron chi connectivity index (χ2n) is 5.93. The Labute approximate surface area is 148 Å². The van der Waals surface area contributed by atoms with Crippen LogP contribution in [0.4, 0.5) is 16.1 Å². The van der Waals surface area contributed by atoms with Crippen molar-refractivity contribution in [2.75, 3.05) is 16.8 Å². The maximum atomic E-state index is 13.2. The Balaban J connectivity index is 1.56. The average Bonchev–Trinajstić information content (AvgIpc) is 3.24. The van der Waals surface area contributed by atoms with Crippen LogP contribution in [0.1, 0.15) is 12.8 Å². The Morgan fingerprint density at radius 1 is 1.32 bits per heavy atom. The quantitative estimate of drug-likeness (QED) is 0.760. The first-order valence-electron chi connectivity index (χ1n) is 8.00. The number of rotatable bonds is 3. The van der Waals surface area contributed by atoms with Crippen molar-refractivity contribution >= 4 is 40.3 Å². The fourth-order valence-corrected chi connectivity index (χ4v) is 3.23. The van der Waals surface area contributed by atoms with Crippen LogP contribution in [0, 0.1) is 5.82 Å². The second kappa shape index (κ2) is 6.37. The van der Waals surface area contributed by atoms with E-state index in [4.69, 9.17) is 16.0 Å². The monoisotopic (exact) mass is 359 g/mol. The first-order chi connectivity index (χ1) is 12.1. The summed E-state index contributed by atoms with van der Waals surface area (Å²) in [6.45, 7) is 0.690. The summed E-state index contributed by atoms with van der Waals surface area (Å²) in [7, 11) is 0. The summed E-state index contributed by atoms with van der Waals surface area (Å²) in [6.07, 6.45) is 1.56. The number of nitrogens with zero attached hydrogens (tertiary/aromatic N) is 2. The van der Waals surface area contributed by atoms with Crippen molar-refractivity contribution < 1.29 is 13.6 Å². The fourth-order valence-electron chi connectivity index (χ4n) is 3.05. The number of carbonyl (C=O) groups is 1. The van der Waals surface area contributed by atoms with Gasteiger partial charge in [0, 0.05) is 12.2 Å². The molecule has 1 atom stereocenters. The molecule has 2 aromatic carbocycles. The second-order valence-corrected chi connectivity index (χ2v) is 6.34. The van der Waals surface area contributed by atoms with Crippen LogP contribution in [0.5, 0.6) is 0 Å². The van der Waals surface area contributed by atoms with Gasteiger partial charge in [-0.1, -0.05) is 23.7 Å². The van der Waals surface area contributed by atoms with Gasteiger partial charge in [-0.2, -0.15) is 4.98 Å². The zero-order valence-electron chi connectivity index (χ0n) is 13.2. The molecular formula is C18H15ClFN3O2. The smallest absolute Gasteiger partial charge is 0.299 e. The van der Waals surface area contributed by atoms with Gasteiger partial charge in [-0.25, -0.2) is 4.39 Å². The zero-order valence-corrected chi connectivity index (χ0v) is 14.0. The Bertz CT molecular complexity index is 910. The number of benzene rings is 2. The minimum atomic E-state index is -0.520. The normalized spacial score (nSPS) is 17.2. The summed E-state index contributed by atoms with van der Waals surface area (Å²) in [4.78, 5) is 19.0. The van der Waals surface area contributed by atoms with E-state index in [2.05, 4.69) is 10.3 Å². The van der Waals surface area contributed by atoms with Crippen LogP contribution in [0.3, 0.4) is 0 Å². The summed E-state index contributed by atoms with van der Waals surface area (Å²) in [6, 6.07) is 11.6. The minimum absolute atomic E-state index is 0.0278. The van der Waals surface area contributed by atoms with Crippen LogP contribution in [0.2, 0.25) is 5.02 Å². The van der Waals surface area contributed by atoms with Gasteiger partial charge < -0.3 is 14.6 Å². The molecule has 0 spiro atoms. The Morgan fingerprint density at radius 3 is 2.96 bits per heavy atom. The highest BCUT2D eigenvalue weighted by Crippen LogP contribution is 2.29. The Hall–Kier alpha value is -2.60. The van der Waals surface area contributed by atoms with Crippen molar-refractivity contribution in [3.63, 3.8) is 0 Å². The molecule has 25 heavy (non-hydrogen) atoms. The third-order valence-electron chi connectivity index (χ3n) is 4.27. The number of amides is 1. The lowest BCUT2D eigenvalue weighted by molar-refractivity contribution is -0.117. The van der Waals surface area contributed by atoms with E-state index in [9.17, 15) is 9.18 Å². The van der Waals surface area contributed by atoms with E-state index in [0.29, 0.717) is 30.3 Å². The molecule has 4 rings (SSSR count). The zero-order chi connectivity index (χ0) is 17.4. The third-order valence-corrected chi connectivity index (χ3v) is 4.56. The number of anilines is 2. The number of para-hydroxylation sites is 2. The molecule has 1 unspecified atom stereocenters. The summed E-state index contributed by atoms with van der Waals surface area (Å²) in [5.74, 6) is -0.712. The number of oxazole rings is 1. The molecule has 5 nitrogen and oxygen atoms in total. The van der Waals surface area contributed by atoms with Crippen molar-refractivity contribution in [2.45, 2.75) is 18.9 Å². The standard InChI is InChI=1S/C18H15ClFN3O2/c19-12-10-11(7-8-13(12)20)21-17(24)15-5-3-9-23(15)18-22-14-4-1-2-6-16(14)25-18/h1-2,4,6-8,10,15H,3,5,9H2,(H,21,24). The molecule has 3 aromatic rings. The van der Waals surface area contributed by atoms with E-state index in [1.807, 2.05) is 29.2 Å². The first kappa shape index (κ1) is 15.9. The van der Waals surface area contributed by atoms with E-state index >= 15 is 0 Å². The first-order valence-corrected chi connectivity index (χ1v) is 8.38. The van der Waals surface area contributed by atoms with Gasteiger partial charge in [0.25, 0.3) is 6.01 Å². The maximum Gasteiger partial charge on any atom is 0.299 e. The molecule has 1 aromatic heterocycles. The average molecular weight is 360 g/mol. The molecule has 0 aliphatic carbocycles. The molecule has 0 saturated carbocycles. The van der Waals surface area contributed by atoms with Gasteiger partial charge in [0.2, 0.25) is 5.91 Å². The lowest BCUT2D eigenvalue weighted by Gasteiger charge is -2.22. The molecule has 2 heterocycles. The SMILES string of the molecule is O=C(Nc1ccc(F)c(Cl)c1)C1CCCN1c1nc2ccccc2o1. The Morgan fingerprint density at radius 2 is 2.16 bits per heavy atom.